The van der Waals surface area contributed by atoms with E-state index in [1.165, 1.54) is 18.4 Å². The highest BCUT2D eigenvalue weighted by molar-refractivity contribution is 7.14. The first-order valence-corrected chi connectivity index (χ1v) is 10.8. The Morgan fingerprint density at radius 1 is 1.11 bits per heavy atom. The van der Waals surface area contributed by atoms with Gasteiger partial charge in [-0.05, 0) is 44.4 Å². The topological polar surface area (TPSA) is 29.0 Å². The van der Waals surface area contributed by atoms with E-state index in [0.29, 0.717) is 18.0 Å². The number of fused-ring (bicyclic) bond motifs is 2. The second-order valence-corrected chi connectivity index (χ2v) is 9.08. The molecule has 0 N–H and O–H groups in total. The molecule has 2 aliphatic heterocycles. The Balaban J connectivity index is 1.56. The zero-order valence-corrected chi connectivity index (χ0v) is 16.9. The van der Waals surface area contributed by atoms with Crippen LogP contribution in [0.15, 0.2) is 64.7 Å². The Hall–Kier alpha value is -1.75. The lowest BCUT2D eigenvalue weighted by Gasteiger charge is -2.39. The number of halogens is 1. The number of hydrogen-bond donors (Lipinski definition) is 0. The number of piperidine rings is 1. The van der Waals surface area contributed by atoms with E-state index in [4.69, 9.17) is 11.6 Å². The first-order chi connectivity index (χ1) is 13.2. The highest BCUT2D eigenvalue weighted by Crippen LogP contribution is 2.49. The van der Waals surface area contributed by atoms with Crippen LogP contribution in [0.4, 0.5) is 0 Å². The lowest BCUT2D eigenvalue weighted by atomic mass is 9.81. The van der Waals surface area contributed by atoms with E-state index in [1.807, 2.05) is 12.1 Å². The summed E-state index contributed by atoms with van der Waals surface area (Å²) in [6.07, 6.45) is 10.9. The van der Waals surface area contributed by atoms with Crippen LogP contribution in [-0.4, -0.2) is 34.2 Å². The fourth-order valence-corrected chi connectivity index (χ4v) is 5.95. The van der Waals surface area contributed by atoms with Crippen molar-refractivity contribution in [2.24, 2.45) is 0 Å². The highest BCUT2D eigenvalue weighted by Gasteiger charge is 2.45. The maximum Gasteiger partial charge on any atom is 0.147 e. The molecule has 2 saturated heterocycles. The molecule has 1 aromatic carbocycles. The van der Waals surface area contributed by atoms with Gasteiger partial charge in [0.25, 0.3) is 0 Å². The number of hydrogen-bond acceptors (Lipinski definition) is 4. The lowest BCUT2D eigenvalue weighted by Crippen LogP contribution is -2.42. The van der Waals surface area contributed by atoms with Gasteiger partial charge >= 0.3 is 0 Å². The Bertz CT molecular complexity index is 943. The molecule has 1 aliphatic carbocycles. The first kappa shape index (κ1) is 17.4. The van der Waals surface area contributed by atoms with Gasteiger partial charge in [0.2, 0.25) is 0 Å². The molecule has 0 saturated carbocycles. The maximum absolute atomic E-state index is 6.16. The molecule has 3 nitrogen and oxygen atoms in total. The minimum absolute atomic E-state index is 0.341. The molecule has 2 aromatic rings. The summed E-state index contributed by atoms with van der Waals surface area (Å²) in [5.41, 5.74) is 4.12. The fraction of sp³-hybridized carbons (Fsp3) is 0.364. The number of likely N-dealkylation sites (N-methyl/N-ethyl adjacent to an activating group) is 1. The predicted octanol–water partition coefficient (Wildman–Crippen LogP) is 5.53. The van der Waals surface area contributed by atoms with Gasteiger partial charge in [0.1, 0.15) is 10.0 Å². The molecule has 3 heterocycles. The largest absolute Gasteiger partial charge is 0.299 e. The summed E-state index contributed by atoms with van der Waals surface area (Å²) in [6.45, 7) is 0. The summed E-state index contributed by atoms with van der Waals surface area (Å²) in [6, 6.07) is 11.6. The molecular formula is C22H22ClN3S. The Kier molecular flexibility index (Phi) is 4.50. The number of nitrogens with zero attached hydrogens (tertiary/aromatic N) is 3. The zero-order chi connectivity index (χ0) is 18.4. The van der Waals surface area contributed by atoms with Crippen LogP contribution in [-0.2, 0) is 0 Å². The highest BCUT2D eigenvalue weighted by atomic mass is 35.5. The minimum Gasteiger partial charge on any atom is -0.299 e. The van der Waals surface area contributed by atoms with Gasteiger partial charge in [-0.15, -0.1) is 10.2 Å². The monoisotopic (exact) mass is 395 g/mol. The molecule has 3 aliphatic rings. The van der Waals surface area contributed by atoms with E-state index < -0.39 is 0 Å². The average molecular weight is 396 g/mol. The molecule has 3 atom stereocenters. The molecule has 27 heavy (non-hydrogen) atoms. The second-order valence-electron chi connectivity index (χ2n) is 7.63. The molecule has 0 spiro atoms. The van der Waals surface area contributed by atoms with Crippen molar-refractivity contribution in [2.45, 2.75) is 43.7 Å². The second kappa shape index (κ2) is 7.01. The Morgan fingerprint density at radius 2 is 1.96 bits per heavy atom. The van der Waals surface area contributed by atoms with Crippen LogP contribution in [0.2, 0.25) is 0 Å². The summed E-state index contributed by atoms with van der Waals surface area (Å²) >= 11 is 7.91. The third kappa shape index (κ3) is 3.10. The third-order valence-electron chi connectivity index (χ3n) is 6.21. The quantitative estimate of drug-likeness (QED) is 0.668. The van der Waals surface area contributed by atoms with Crippen molar-refractivity contribution in [2.75, 3.05) is 7.05 Å². The van der Waals surface area contributed by atoms with Crippen LogP contribution in [0.25, 0.3) is 10.6 Å². The van der Waals surface area contributed by atoms with Crippen LogP contribution < -0.4 is 0 Å². The Morgan fingerprint density at radius 3 is 2.74 bits per heavy atom. The summed E-state index contributed by atoms with van der Waals surface area (Å²) < 4.78 is 0. The van der Waals surface area contributed by atoms with E-state index in [9.17, 15) is 0 Å². The Labute approximate surface area is 169 Å². The smallest absolute Gasteiger partial charge is 0.147 e. The van der Waals surface area contributed by atoms with E-state index in [1.54, 1.807) is 16.9 Å². The van der Waals surface area contributed by atoms with Crippen LogP contribution in [0.5, 0.6) is 0 Å². The maximum atomic E-state index is 6.16. The number of aromatic nitrogens is 2. The average Bonchev–Trinajstić information content (AvgIpc) is 3.26. The van der Waals surface area contributed by atoms with E-state index >= 15 is 0 Å². The molecule has 0 radical (unpaired) electrons. The van der Waals surface area contributed by atoms with Gasteiger partial charge in [-0.2, -0.15) is 0 Å². The summed E-state index contributed by atoms with van der Waals surface area (Å²) in [7, 11) is 2.28. The number of benzene rings is 1. The van der Waals surface area contributed by atoms with Crippen molar-refractivity contribution in [1.82, 2.24) is 15.1 Å². The minimum atomic E-state index is 0.341. The lowest BCUT2D eigenvalue weighted by molar-refractivity contribution is 0.189. The van der Waals surface area contributed by atoms with Crippen molar-refractivity contribution in [3.63, 3.8) is 0 Å². The van der Waals surface area contributed by atoms with E-state index in [-0.39, 0.29) is 0 Å². The van der Waals surface area contributed by atoms with Crippen molar-refractivity contribution in [1.29, 1.82) is 0 Å². The van der Waals surface area contributed by atoms with Gasteiger partial charge in [0, 0.05) is 22.7 Å². The molecule has 3 unspecified atom stereocenters. The summed E-state index contributed by atoms with van der Waals surface area (Å²) in [5, 5.41) is 12.2. The van der Waals surface area contributed by atoms with Crippen molar-refractivity contribution in [3.8, 4) is 10.6 Å². The van der Waals surface area contributed by atoms with Crippen molar-refractivity contribution < 1.29 is 0 Å². The molecule has 2 fully saturated rings. The van der Waals surface area contributed by atoms with Gasteiger partial charge in [-0.1, -0.05) is 71.0 Å². The summed E-state index contributed by atoms with van der Waals surface area (Å²) in [4.78, 5) is 2.58. The zero-order valence-electron chi connectivity index (χ0n) is 15.3. The predicted molar refractivity (Wildman–Crippen MR) is 112 cm³/mol. The van der Waals surface area contributed by atoms with Crippen LogP contribution >= 0.6 is 22.9 Å². The normalized spacial score (nSPS) is 30.6. The molecule has 138 valence electrons. The molecule has 5 heteroatoms. The van der Waals surface area contributed by atoms with Crippen LogP contribution in [0, 0.1) is 0 Å². The first-order valence-electron chi connectivity index (χ1n) is 9.57. The van der Waals surface area contributed by atoms with Crippen LogP contribution in [0.1, 0.15) is 36.6 Å². The van der Waals surface area contributed by atoms with Gasteiger partial charge < -0.3 is 0 Å². The molecule has 1 aromatic heterocycles. The van der Waals surface area contributed by atoms with Crippen LogP contribution in [0.3, 0.4) is 0 Å². The molecule has 5 rings (SSSR count). The molecular weight excluding hydrogens is 374 g/mol. The molecule has 2 bridgehead atoms. The third-order valence-corrected chi connectivity index (χ3v) is 7.55. The van der Waals surface area contributed by atoms with Gasteiger partial charge in [0.15, 0.2) is 0 Å². The van der Waals surface area contributed by atoms with Crippen molar-refractivity contribution in [3.05, 3.63) is 69.7 Å². The van der Waals surface area contributed by atoms with E-state index in [2.05, 4.69) is 58.6 Å². The van der Waals surface area contributed by atoms with Crippen molar-refractivity contribution >= 4 is 22.9 Å². The van der Waals surface area contributed by atoms with Gasteiger partial charge in [0.05, 0.1) is 5.92 Å². The number of rotatable bonds is 2. The molecule has 0 amide bonds. The fourth-order valence-electron chi connectivity index (χ4n) is 4.77. The van der Waals surface area contributed by atoms with E-state index in [0.717, 1.165) is 33.5 Å². The van der Waals surface area contributed by atoms with Gasteiger partial charge in [-0.3, -0.25) is 4.90 Å². The van der Waals surface area contributed by atoms with Gasteiger partial charge in [-0.25, -0.2) is 0 Å². The summed E-state index contributed by atoms with van der Waals surface area (Å²) in [5.74, 6) is 0.341. The standard InChI is InChI=1S/C22H22ClN3S/c1-26-17-11-12-19(26)20(18(13-17)14-7-9-16(23)10-8-14)22-25-24-21(27-22)15-5-3-2-4-6-15/h2-7,9-10,17,19-20H,8,11-13H2,1H3/b18-14-. The SMILES string of the molecule is CN1C2CCC1C(c1nnc(-c3ccccc3)s1)/C(=C1/C=CC(Cl)=CC1)C2. The number of allylic oxidation sites excluding steroid dienone is 5.